The van der Waals surface area contributed by atoms with Gasteiger partial charge in [0.15, 0.2) is 0 Å². The van der Waals surface area contributed by atoms with Gasteiger partial charge in [-0.05, 0) is 41.5 Å². The number of aromatic nitrogens is 3. The maximum Gasteiger partial charge on any atom is 0.315 e. The Kier molecular flexibility index (Phi) is 5.64. The van der Waals surface area contributed by atoms with E-state index in [-0.39, 0.29) is 17.6 Å². The minimum Gasteiger partial charge on any atom is -0.338 e. The normalized spacial score (nSPS) is 12.9. The maximum absolute atomic E-state index is 12.1. The van der Waals surface area contributed by atoms with Gasteiger partial charge in [-0.15, -0.1) is 11.3 Å². The van der Waals surface area contributed by atoms with Crippen molar-refractivity contribution in [3.63, 3.8) is 0 Å². The lowest BCUT2D eigenvalue weighted by Crippen LogP contribution is -2.38. The number of thiazole rings is 1. The topological polar surface area (TPSA) is 71.8 Å². The quantitative estimate of drug-likeness (QED) is 0.870. The lowest BCUT2D eigenvalue weighted by atomic mass is 10.1. The van der Waals surface area contributed by atoms with Crippen LogP contribution in [0.5, 0.6) is 0 Å². The van der Waals surface area contributed by atoms with E-state index in [0.29, 0.717) is 6.54 Å². The van der Waals surface area contributed by atoms with Gasteiger partial charge < -0.3 is 10.6 Å². The molecular formula is C17H27N5OS. The van der Waals surface area contributed by atoms with Gasteiger partial charge in [0.1, 0.15) is 0 Å². The summed E-state index contributed by atoms with van der Waals surface area (Å²) in [6, 6.07) is -0.262. The Balaban J connectivity index is 1.86. The number of aryl methyl sites for hydroxylation is 2. The molecular weight excluding hydrogens is 322 g/mol. The van der Waals surface area contributed by atoms with Crippen molar-refractivity contribution in [2.24, 2.45) is 0 Å². The number of nitrogens with zero attached hydrogens (tertiary/aromatic N) is 3. The van der Waals surface area contributed by atoms with E-state index in [1.165, 1.54) is 4.88 Å². The lowest BCUT2D eigenvalue weighted by molar-refractivity contribution is 0.238. The second-order valence-corrected chi connectivity index (χ2v) is 8.34. The molecule has 0 radical (unpaired) electrons. The molecule has 132 valence electrons. The summed E-state index contributed by atoms with van der Waals surface area (Å²) in [6.45, 7) is 12.9. The van der Waals surface area contributed by atoms with Crippen LogP contribution in [0.25, 0.3) is 0 Å². The van der Waals surface area contributed by atoms with Crippen molar-refractivity contribution in [1.82, 2.24) is 25.4 Å². The highest BCUT2D eigenvalue weighted by Crippen LogP contribution is 2.21. The molecule has 0 aromatic carbocycles. The Labute approximate surface area is 147 Å². The molecule has 0 aliphatic carbocycles. The van der Waals surface area contributed by atoms with Gasteiger partial charge in [-0.1, -0.05) is 0 Å². The zero-order valence-electron chi connectivity index (χ0n) is 15.3. The van der Waals surface area contributed by atoms with Crippen LogP contribution >= 0.6 is 11.3 Å². The van der Waals surface area contributed by atoms with Crippen LogP contribution in [0.15, 0.2) is 12.4 Å². The number of amides is 2. The predicted octanol–water partition coefficient (Wildman–Crippen LogP) is 3.31. The number of carbonyl (C=O) groups excluding carboxylic acids is 1. The molecule has 2 amide bonds. The van der Waals surface area contributed by atoms with Gasteiger partial charge in [-0.3, -0.25) is 4.68 Å². The summed E-state index contributed by atoms with van der Waals surface area (Å²) in [4.78, 5) is 17.6. The molecule has 0 spiro atoms. The van der Waals surface area contributed by atoms with Crippen molar-refractivity contribution in [3.05, 3.63) is 33.5 Å². The number of hydrogen-bond acceptors (Lipinski definition) is 4. The molecule has 2 rings (SSSR count). The largest absolute Gasteiger partial charge is 0.338 e. The Bertz CT molecular complexity index is 698. The van der Waals surface area contributed by atoms with Crippen molar-refractivity contribution in [2.75, 3.05) is 6.54 Å². The smallest absolute Gasteiger partial charge is 0.315 e. The first-order valence-corrected chi connectivity index (χ1v) is 9.01. The van der Waals surface area contributed by atoms with Crippen molar-refractivity contribution in [2.45, 2.75) is 59.5 Å². The standard InChI is InChI=1S/C17H27N5OS/c1-11-9-19-15(24-11)7-8-18-16(23)20-12(2)14-10-22(17(4,5)6)21-13(14)3/h9-10,12H,7-8H2,1-6H3,(H2,18,20,23). The summed E-state index contributed by atoms with van der Waals surface area (Å²) in [5, 5.41) is 11.5. The summed E-state index contributed by atoms with van der Waals surface area (Å²) in [6.07, 6.45) is 4.62. The average Bonchev–Trinajstić information content (AvgIpc) is 3.04. The highest BCUT2D eigenvalue weighted by molar-refractivity contribution is 7.11. The van der Waals surface area contributed by atoms with Gasteiger partial charge >= 0.3 is 6.03 Å². The van der Waals surface area contributed by atoms with E-state index in [4.69, 9.17) is 0 Å². The van der Waals surface area contributed by atoms with Crippen molar-refractivity contribution in [1.29, 1.82) is 0 Å². The van der Waals surface area contributed by atoms with Crippen molar-refractivity contribution in [3.8, 4) is 0 Å². The Morgan fingerprint density at radius 2 is 2.08 bits per heavy atom. The van der Waals surface area contributed by atoms with Crippen LogP contribution in [0.1, 0.15) is 54.9 Å². The first-order chi connectivity index (χ1) is 11.2. The predicted molar refractivity (Wildman–Crippen MR) is 97.5 cm³/mol. The van der Waals surface area contributed by atoms with Gasteiger partial charge in [0.25, 0.3) is 0 Å². The maximum atomic E-state index is 12.1. The third-order valence-electron chi connectivity index (χ3n) is 3.73. The van der Waals surface area contributed by atoms with Crippen LogP contribution in [0, 0.1) is 13.8 Å². The van der Waals surface area contributed by atoms with Crippen molar-refractivity contribution >= 4 is 17.4 Å². The van der Waals surface area contributed by atoms with E-state index >= 15 is 0 Å². The monoisotopic (exact) mass is 349 g/mol. The molecule has 1 unspecified atom stereocenters. The molecule has 1 atom stereocenters. The van der Waals surface area contributed by atoms with Gasteiger partial charge in [-0.25, -0.2) is 9.78 Å². The molecule has 0 saturated carbocycles. The third-order valence-corrected chi connectivity index (χ3v) is 4.70. The molecule has 2 N–H and O–H groups in total. The van der Waals surface area contributed by atoms with Crippen LogP contribution in [0.3, 0.4) is 0 Å². The second kappa shape index (κ2) is 7.34. The molecule has 0 aliphatic heterocycles. The molecule has 2 heterocycles. The van der Waals surface area contributed by atoms with E-state index in [2.05, 4.69) is 41.5 Å². The Morgan fingerprint density at radius 1 is 1.38 bits per heavy atom. The minimum atomic E-state index is -0.168. The highest BCUT2D eigenvalue weighted by Gasteiger charge is 2.20. The average molecular weight is 350 g/mol. The lowest BCUT2D eigenvalue weighted by Gasteiger charge is -2.19. The third kappa shape index (κ3) is 4.80. The SMILES string of the molecule is Cc1cnc(CCNC(=O)NC(C)c2cn(C(C)(C)C)nc2C)s1. The molecule has 24 heavy (non-hydrogen) atoms. The Hall–Kier alpha value is -1.89. The number of nitrogens with one attached hydrogen (secondary N) is 2. The summed E-state index contributed by atoms with van der Waals surface area (Å²) in [5.41, 5.74) is 1.91. The molecule has 0 bridgehead atoms. The van der Waals surface area contributed by atoms with Crippen LogP contribution in [0.4, 0.5) is 4.79 Å². The highest BCUT2D eigenvalue weighted by atomic mass is 32.1. The first kappa shape index (κ1) is 18.4. The van der Waals surface area contributed by atoms with Gasteiger partial charge in [0.05, 0.1) is 22.3 Å². The molecule has 0 saturated heterocycles. The van der Waals surface area contributed by atoms with Crippen molar-refractivity contribution < 1.29 is 4.79 Å². The van der Waals surface area contributed by atoms with E-state index in [1.807, 2.05) is 37.8 Å². The summed E-state index contributed by atoms with van der Waals surface area (Å²) in [5.74, 6) is 0. The second-order valence-electron chi connectivity index (χ2n) is 7.02. The number of hydrogen-bond donors (Lipinski definition) is 2. The van der Waals surface area contributed by atoms with Crippen LogP contribution < -0.4 is 10.6 Å². The van der Waals surface area contributed by atoms with Gasteiger partial charge in [-0.2, -0.15) is 5.10 Å². The van der Waals surface area contributed by atoms with Crippen LogP contribution in [0.2, 0.25) is 0 Å². The van der Waals surface area contributed by atoms with Gasteiger partial charge in [0, 0.05) is 35.8 Å². The fourth-order valence-corrected chi connectivity index (χ4v) is 3.15. The van der Waals surface area contributed by atoms with Crippen LogP contribution in [-0.2, 0) is 12.0 Å². The number of carbonyl (C=O) groups is 1. The molecule has 6 nitrogen and oxygen atoms in total. The molecule has 2 aromatic rings. The fraction of sp³-hybridized carbons (Fsp3) is 0.588. The molecule has 7 heteroatoms. The fourth-order valence-electron chi connectivity index (χ4n) is 2.37. The minimum absolute atomic E-state index is 0.0726. The Morgan fingerprint density at radius 3 is 2.62 bits per heavy atom. The van der Waals surface area contributed by atoms with Crippen LogP contribution in [-0.4, -0.2) is 27.3 Å². The summed E-state index contributed by atoms with van der Waals surface area (Å²) in [7, 11) is 0. The number of urea groups is 1. The molecule has 0 fully saturated rings. The van der Waals surface area contributed by atoms with E-state index in [9.17, 15) is 4.79 Å². The van der Waals surface area contributed by atoms with Gasteiger partial charge in [0.2, 0.25) is 0 Å². The molecule has 2 aromatic heterocycles. The summed E-state index contributed by atoms with van der Waals surface area (Å²) < 4.78 is 1.94. The van der Waals surface area contributed by atoms with E-state index in [0.717, 1.165) is 22.7 Å². The zero-order valence-corrected chi connectivity index (χ0v) is 16.1. The summed E-state index contributed by atoms with van der Waals surface area (Å²) >= 11 is 1.66. The van der Waals surface area contributed by atoms with E-state index in [1.54, 1.807) is 11.3 Å². The zero-order chi connectivity index (χ0) is 17.9. The first-order valence-electron chi connectivity index (χ1n) is 8.19. The number of rotatable bonds is 5. The van der Waals surface area contributed by atoms with E-state index < -0.39 is 0 Å². The molecule has 0 aliphatic rings.